The summed E-state index contributed by atoms with van der Waals surface area (Å²) in [6.45, 7) is 0.503. The molecule has 5 heteroatoms. The molecule has 0 atom stereocenters. The Morgan fingerprint density at radius 1 is 1.40 bits per heavy atom. The van der Waals surface area contributed by atoms with Crippen LogP contribution in [-0.2, 0) is 0 Å². The molecule has 0 heterocycles. The molecule has 2 rings (SSSR count). The summed E-state index contributed by atoms with van der Waals surface area (Å²) in [6, 6.07) is 7.25. The van der Waals surface area contributed by atoms with Crippen LogP contribution in [0.4, 0.5) is 10.5 Å². The maximum atomic E-state index is 12.4. The van der Waals surface area contributed by atoms with Gasteiger partial charge in [0.05, 0.1) is 18.3 Å². The number of carbonyl (C=O) groups is 1. The highest BCUT2D eigenvalue weighted by Gasteiger charge is 2.39. The minimum Gasteiger partial charge on any atom is -0.495 e. The molecule has 0 saturated heterocycles. The van der Waals surface area contributed by atoms with Crippen LogP contribution in [0.15, 0.2) is 24.3 Å². The number of amides is 2. The summed E-state index contributed by atoms with van der Waals surface area (Å²) in [6.07, 6.45) is 4.20. The molecule has 1 fully saturated rings. The van der Waals surface area contributed by atoms with Crippen LogP contribution in [0.25, 0.3) is 0 Å². The third kappa shape index (κ3) is 2.72. The van der Waals surface area contributed by atoms with Gasteiger partial charge in [-0.25, -0.2) is 4.79 Å². The molecule has 1 aliphatic carbocycles. The van der Waals surface area contributed by atoms with E-state index in [1.54, 1.807) is 12.0 Å². The van der Waals surface area contributed by atoms with Crippen molar-refractivity contribution in [2.75, 3.05) is 26.0 Å². The molecule has 110 valence electrons. The van der Waals surface area contributed by atoms with Gasteiger partial charge < -0.3 is 20.7 Å². The topological polar surface area (TPSA) is 67.6 Å². The largest absolute Gasteiger partial charge is 0.495 e. The van der Waals surface area contributed by atoms with Crippen molar-refractivity contribution in [1.29, 1.82) is 0 Å². The van der Waals surface area contributed by atoms with Gasteiger partial charge in [0, 0.05) is 13.6 Å². The number of benzene rings is 1. The molecule has 0 aromatic heterocycles. The number of nitrogens with two attached hydrogens (primary N) is 1. The van der Waals surface area contributed by atoms with Gasteiger partial charge in [-0.2, -0.15) is 0 Å². The third-order valence-corrected chi connectivity index (χ3v) is 4.28. The lowest BCUT2D eigenvalue weighted by Gasteiger charge is -2.37. The van der Waals surface area contributed by atoms with E-state index in [9.17, 15) is 4.79 Å². The molecule has 0 unspecified atom stereocenters. The molecule has 0 bridgehead atoms. The maximum absolute atomic E-state index is 12.4. The Hall–Kier alpha value is -1.75. The fourth-order valence-corrected chi connectivity index (χ4v) is 2.87. The highest BCUT2D eigenvalue weighted by atomic mass is 16.5. The molecule has 0 radical (unpaired) electrons. The lowest BCUT2D eigenvalue weighted by Crippen LogP contribution is -2.53. The molecule has 3 N–H and O–H groups in total. The van der Waals surface area contributed by atoms with E-state index in [2.05, 4.69) is 5.32 Å². The van der Waals surface area contributed by atoms with Crippen molar-refractivity contribution in [1.82, 2.24) is 4.90 Å². The number of urea groups is 1. The Kier molecular flexibility index (Phi) is 4.49. The molecule has 0 aliphatic heterocycles. The van der Waals surface area contributed by atoms with Crippen molar-refractivity contribution in [3.05, 3.63) is 24.3 Å². The van der Waals surface area contributed by atoms with Gasteiger partial charge in [0.25, 0.3) is 0 Å². The first-order chi connectivity index (χ1) is 9.63. The quantitative estimate of drug-likeness (QED) is 0.888. The Bertz CT molecular complexity index is 470. The smallest absolute Gasteiger partial charge is 0.322 e. The fourth-order valence-electron chi connectivity index (χ4n) is 2.87. The summed E-state index contributed by atoms with van der Waals surface area (Å²) in [5.41, 5.74) is 6.39. The van der Waals surface area contributed by atoms with Gasteiger partial charge in [0.1, 0.15) is 5.75 Å². The van der Waals surface area contributed by atoms with Crippen LogP contribution >= 0.6 is 0 Å². The third-order valence-electron chi connectivity index (χ3n) is 4.28. The van der Waals surface area contributed by atoms with E-state index in [1.807, 2.05) is 31.3 Å². The normalized spacial score (nSPS) is 16.8. The average molecular weight is 277 g/mol. The highest BCUT2D eigenvalue weighted by Crippen LogP contribution is 2.34. The van der Waals surface area contributed by atoms with Gasteiger partial charge in [-0.1, -0.05) is 25.0 Å². The first kappa shape index (κ1) is 14.7. The number of rotatable bonds is 4. The average Bonchev–Trinajstić information content (AvgIpc) is 2.97. The molecule has 5 nitrogen and oxygen atoms in total. The van der Waals surface area contributed by atoms with Crippen LogP contribution in [0.2, 0.25) is 0 Å². The van der Waals surface area contributed by atoms with Gasteiger partial charge in [-0.15, -0.1) is 0 Å². The number of nitrogens with zero attached hydrogens (tertiary/aromatic N) is 1. The number of carbonyl (C=O) groups excluding carboxylic acids is 1. The second-order valence-corrected chi connectivity index (χ2v) is 5.33. The number of hydrogen-bond donors (Lipinski definition) is 2. The first-order valence-corrected chi connectivity index (χ1v) is 7.01. The number of methoxy groups -OCH3 is 1. The standard InChI is InChI=1S/C15H23N3O2/c1-18(15(11-16)9-5-6-10-15)14(19)17-12-7-3-4-8-13(12)20-2/h3-4,7-8H,5-6,9-11,16H2,1-2H3,(H,17,19). The van der Waals surface area contributed by atoms with Crippen molar-refractivity contribution in [3.8, 4) is 5.75 Å². The van der Waals surface area contributed by atoms with E-state index in [1.165, 1.54) is 0 Å². The van der Waals surface area contributed by atoms with Crippen molar-refractivity contribution in [2.24, 2.45) is 5.73 Å². The molecule has 1 aromatic rings. The van der Waals surface area contributed by atoms with Crippen LogP contribution in [0.1, 0.15) is 25.7 Å². The lowest BCUT2D eigenvalue weighted by molar-refractivity contribution is 0.152. The molecular formula is C15H23N3O2. The zero-order chi connectivity index (χ0) is 14.6. The monoisotopic (exact) mass is 277 g/mol. The SMILES string of the molecule is COc1ccccc1NC(=O)N(C)C1(CN)CCCC1. The molecule has 1 saturated carbocycles. The fraction of sp³-hybridized carbons (Fsp3) is 0.533. The van der Waals surface area contributed by atoms with Crippen molar-refractivity contribution >= 4 is 11.7 Å². The van der Waals surface area contributed by atoms with Gasteiger partial charge in [-0.05, 0) is 25.0 Å². The van der Waals surface area contributed by atoms with Crippen LogP contribution in [0, 0.1) is 0 Å². The Morgan fingerprint density at radius 3 is 2.65 bits per heavy atom. The molecule has 2 amide bonds. The van der Waals surface area contributed by atoms with Crippen molar-refractivity contribution in [3.63, 3.8) is 0 Å². The first-order valence-electron chi connectivity index (χ1n) is 7.01. The van der Waals surface area contributed by atoms with Gasteiger partial charge in [-0.3, -0.25) is 0 Å². The number of ether oxygens (including phenoxy) is 1. The summed E-state index contributed by atoms with van der Waals surface area (Å²) in [5, 5.41) is 2.90. The van der Waals surface area contributed by atoms with E-state index < -0.39 is 0 Å². The second kappa shape index (κ2) is 6.13. The van der Waals surface area contributed by atoms with Crippen LogP contribution < -0.4 is 15.8 Å². The number of likely N-dealkylation sites (N-methyl/N-ethyl adjacent to an activating group) is 1. The van der Waals surface area contributed by atoms with E-state index in [0.717, 1.165) is 25.7 Å². The number of para-hydroxylation sites is 2. The zero-order valence-corrected chi connectivity index (χ0v) is 12.2. The molecule has 20 heavy (non-hydrogen) atoms. The summed E-state index contributed by atoms with van der Waals surface area (Å²) < 4.78 is 5.24. The summed E-state index contributed by atoms with van der Waals surface area (Å²) in [5.74, 6) is 0.655. The van der Waals surface area contributed by atoms with E-state index >= 15 is 0 Å². The van der Waals surface area contributed by atoms with Crippen LogP contribution in [0.5, 0.6) is 5.75 Å². The summed E-state index contributed by atoms with van der Waals surface area (Å²) >= 11 is 0. The summed E-state index contributed by atoms with van der Waals surface area (Å²) in [4.78, 5) is 14.2. The molecule has 1 aliphatic rings. The molecular weight excluding hydrogens is 254 g/mol. The predicted octanol–water partition coefficient (Wildman–Crippen LogP) is 2.43. The number of hydrogen-bond acceptors (Lipinski definition) is 3. The van der Waals surface area contributed by atoms with Crippen molar-refractivity contribution in [2.45, 2.75) is 31.2 Å². The molecule has 1 aromatic carbocycles. The van der Waals surface area contributed by atoms with E-state index in [0.29, 0.717) is 18.0 Å². The van der Waals surface area contributed by atoms with E-state index in [4.69, 9.17) is 10.5 Å². The second-order valence-electron chi connectivity index (χ2n) is 5.33. The zero-order valence-electron chi connectivity index (χ0n) is 12.2. The molecule has 0 spiro atoms. The Balaban J connectivity index is 2.11. The van der Waals surface area contributed by atoms with Gasteiger partial charge in [0.15, 0.2) is 0 Å². The summed E-state index contributed by atoms with van der Waals surface area (Å²) in [7, 11) is 3.41. The van der Waals surface area contributed by atoms with Gasteiger partial charge in [0.2, 0.25) is 0 Å². The Labute approximate surface area is 120 Å². The minimum absolute atomic E-state index is 0.137. The number of anilines is 1. The minimum atomic E-state index is -0.202. The maximum Gasteiger partial charge on any atom is 0.322 e. The predicted molar refractivity (Wildman–Crippen MR) is 80.0 cm³/mol. The Morgan fingerprint density at radius 2 is 2.05 bits per heavy atom. The van der Waals surface area contributed by atoms with E-state index in [-0.39, 0.29) is 11.6 Å². The lowest BCUT2D eigenvalue weighted by atomic mass is 9.96. The van der Waals surface area contributed by atoms with Crippen molar-refractivity contribution < 1.29 is 9.53 Å². The highest BCUT2D eigenvalue weighted by molar-refractivity contribution is 5.91. The number of nitrogens with one attached hydrogen (secondary N) is 1. The van der Waals surface area contributed by atoms with Crippen LogP contribution in [-0.4, -0.2) is 37.2 Å². The van der Waals surface area contributed by atoms with Gasteiger partial charge >= 0.3 is 6.03 Å². The van der Waals surface area contributed by atoms with Crippen LogP contribution in [0.3, 0.4) is 0 Å².